The zero-order chi connectivity index (χ0) is 14.4. The van der Waals surface area contributed by atoms with Gasteiger partial charge in [0.15, 0.2) is 5.12 Å². The standard InChI is InChI=1S/C15H19NO3S/c1-12(17)20-11-13-9-15(18)16(10-13)7-8-19-14-5-3-2-4-6-14/h2-6,13H,7-11H2,1H3. The lowest BCUT2D eigenvalue weighted by molar-refractivity contribution is -0.128. The second kappa shape index (κ2) is 7.33. The van der Waals surface area contributed by atoms with Crippen LogP contribution in [-0.4, -0.2) is 41.4 Å². The lowest BCUT2D eigenvalue weighted by Crippen LogP contribution is -2.30. The molecule has 0 N–H and O–H groups in total. The predicted octanol–water partition coefficient (Wildman–Crippen LogP) is 2.19. The van der Waals surface area contributed by atoms with Crippen LogP contribution in [0.15, 0.2) is 30.3 Å². The quantitative estimate of drug-likeness (QED) is 0.806. The third-order valence-corrected chi connectivity index (χ3v) is 4.23. The van der Waals surface area contributed by atoms with E-state index in [-0.39, 0.29) is 16.9 Å². The molecular formula is C15H19NO3S. The van der Waals surface area contributed by atoms with Gasteiger partial charge in [0.05, 0.1) is 6.54 Å². The molecule has 1 heterocycles. The molecule has 1 saturated heterocycles. The second-order valence-corrected chi connectivity index (χ2v) is 6.07. The SMILES string of the molecule is CC(=O)SCC1CC(=O)N(CCOc2ccccc2)C1. The molecule has 1 aromatic carbocycles. The van der Waals surface area contributed by atoms with Gasteiger partial charge in [0.1, 0.15) is 12.4 Å². The van der Waals surface area contributed by atoms with Gasteiger partial charge >= 0.3 is 0 Å². The van der Waals surface area contributed by atoms with Crippen molar-refractivity contribution in [2.24, 2.45) is 5.92 Å². The van der Waals surface area contributed by atoms with Crippen LogP contribution in [0.3, 0.4) is 0 Å². The summed E-state index contributed by atoms with van der Waals surface area (Å²) in [6, 6.07) is 9.58. The fourth-order valence-electron chi connectivity index (χ4n) is 2.21. The van der Waals surface area contributed by atoms with Gasteiger partial charge in [-0.15, -0.1) is 0 Å². The number of ether oxygens (including phenoxy) is 1. The summed E-state index contributed by atoms with van der Waals surface area (Å²) in [6.45, 7) is 3.40. The minimum Gasteiger partial charge on any atom is -0.492 e. The molecule has 1 fully saturated rings. The van der Waals surface area contributed by atoms with Crippen molar-refractivity contribution in [1.29, 1.82) is 0 Å². The van der Waals surface area contributed by atoms with Gasteiger partial charge in [-0.3, -0.25) is 9.59 Å². The normalized spacial score (nSPS) is 18.4. The smallest absolute Gasteiger partial charge is 0.223 e. The Morgan fingerprint density at radius 2 is 2.15 bits per heavy atom. The topological polar surface area (TPSA) is 46.6 Å². The van der Waals surface area contributed by atoms with Crippen molar-refractivity contribution in [2.75, 3.05) is 25.4 Å². The molecule has 1 aromatic rings. The van der Waals surface area contributed by atoms with Crippen LogP contribution in [0.5, 0.6) is 5.75 Å². The number of benzene rings is 1. The highest BCUT2D eigenvalue weighted by molar-refractivity contribution is 8.13. The third kappa shape index (κ3) is 4.56. The van der Waals surface area contributed by atoms with Crippen LogP contribution in [0, 0.1) is 5.92 Å². The fourth-order valence-corrected chi connectivity index (χ4v) is 2.90. The molecule has 1 aliphatic heterocycles. The van der Waals surface area contributed by atoms with E-state index in [2.05, 4.69) is 0 Å². The Bertz CT molecular complexity index is 463. The third-order valence-electron chi connectivity index (χ3n) is 3.19. The van der Waals surface area contributed by atoms with Gasteiger partial charge in [-0.1, -0.05) is 30.0 Å². The lowest BCUT2D eigenvalue weighted by Gasteiger charge is -2.16. The maximum absolute atomic E-state index is 11.8. The van der Waals surface area contributed by atoms with Crippen LogP contribution in [0.1, 0.15) is 13.3 Å². The molecule has 5 heteroatoms. The predicted molar refractivity (Wildman–Crippen MR) is 79.8 cm³/mol. The van der Waals surface area contributed by atoms with E-state index in [4.69, 9.17) is 4.74 Å². The van der Waals surface area contributed by atoms with Crippen molar-refractivity contribution < 1.29 is 14.3 Å². The van der Waals surface area contributed by atoms with Gasteiger partial charge in [-0.05, 0) is 18.1 Å². The molecule has 0 spiro atoms. The van der Waals surface area contributed by atoms with Crippen LogP contribution in [0.25, 0.3) is 0 Å². The van der Waals surface area contributed by atoms with Crippen LogP contribution < -0.4 is 4.74 Å². The van der Waals surface area contributed by atoms with E-state index in [1.54, 1.807) is 6.92 Å². The molecule has 4 nitrogen and oxygen atoms in total. The van der Waals surface area contributed by atoms with E-state index in [1.165, 1.54) is 11.8 Å². The average molecular weight is 293 g/mol. The van der Waals surface area contributed by atoms with E-state index in [0.29, 0.717) is 19.6 Å². The van der Waals surface area contributed by atoms with Gasteiger partial charge in [0.25, 0.3) is 0 Å². The number of nitrogens with zero attached hydrogens (tertiary/aromatic N) is 1. The molecule has 0 bridgehead atoms. The summed E-state index contributed by atoms with van der Waals surface area (Å²) in [5.74, 6) is 2.00. The molecular weight excluding hydrogens is 274 g/mol. The zero-order valence-corrected chi connectivity index (χ0v) is 12.4. The molecule has 1 atom stereocenters. The number of para-hydroxylation sites is 1. The highest BCUT2D eigenvalue weighted by Crippen LogP contribution is 2.22. The first-order chi connectivity index (χ1) is 9.65. The summed E-state index contributed by atoms with van der Waals surface area (Å²) in [6.07, 6.45) is 0.547. The van der Waals surface area contributed by atoms with Crippen molar-refractivity contribution in [2.45, 2.75) is 13.3 Å². The van der Waals surface area contributed by atoms with Crippen molar-refractivity contribution in [3.05, 3.63) is 30.3 Å². The van der Waals surface area contributed by atoms with E-state index in [0.717, 1.165) is 18.0 Å². The number of likely N-dealkylation sites (tertiary alicyclic amines) is 1. The van der Waals surface area contributed by atoms with Crippen molar-refractivity contribution >= 4 is 22.8 Å². The molecule has 1 amide bonds. The monoisotopic (exact) mass is 293 g/mol. The Balaban J connectivity index is 1.71. The number of hydrogen-bond acceptors (Lipinski definition) is 4. The molecule has 0 aliphatic carbocycles. The molecule has 0 radical (unpaired) electrons. The average Bonchev–Trinajstić information content (AvgIpc) is 2.78. The molecule has 1 aliphatic rings. The van der Waals surface area contributed by atoms with Crippen molar-refractivity contribution in [3.8, 4) is 5.75 Å². The maximum Gasteiger partial charge on any atom is 0.223 e. The number of rotatable bonds is 6. The van der Waals surface area contributed by atoms with Gasteiger partial charge in [0, 0.05) is 25.6 Å². The van der Waals surface area contributed by atoms with Gasteiger partial charge in [0.2, 0.25) is 5.91 Å². The van der Waals surface area contributed by atoms with Crippen LogP contribution >= 0.6 is 11.8 Å². The van der Waals surface area contributed by atoms with Crippen LogP contribution in [-0.2, 0) is 9.59 Å². The van der Waals surface area contributed by atoms with Gasteiger partial charge in [-0.25, -0.2) is 0 Å². The van der Waals surface area contributed by atoms with Crippen LogP contribution in [0.4, 0.5) is 0 Å². The second-order valence-electron chi connectivity index (χ2n) is 4.87. The first kappa shape index (κ1) is 14.9. The van der Waals surface area contributed by atoms with Crippen molar-refractivity contribution in [3.63, 3.8) is 0 Å². The summed E-state index contributed by atoms with van der Waals surface area (Å²) in [5.41, 5.74) is 0. The minimum atomic E-state index is 0.114. The zero-order valence-electron chi connectivity index (χ0n) is 11.6. The Kier molecular flexibility index (Phi) is 5.47. The number of hydrogen-bond donors (Lipinski definition) is 0. The van der Waals surface area contributed by atoms with E-state index >= 15 is 0 Å². The summed E-state index contributed by atoms with van der Waals surface area (Å²) >= 11 is 1.30. The van der Waals surface area contributed by atoms with Crippen LogP contribution in [0.2, 0.25) is 0 Å². The Morgan fingerprint density at radius 1 is 1.40 bits per heavy atom. The Morgan fingerprint density at radius 3 is 2.85 bits per heavy atom. The molecule has 2 rings (SSSR count). The number of thioether (sulfide) groups is 1. The van der Waals surface area contributed by atoms with Gasteiger partial charge < -0.3 is 9.64 Å². The van der Waals surface area contributed by atoms with Gasteiger partial charge in [-0.2, -0.15) is 0 Å². The Labute approximate surface area is 123 Å². The Hall–Kier alpha value is -1.49. The molecule has 1 unspecified atom stereocenters. The number of amides is 1. The number of carbonyl (C=O) groups excluding carboxylic acids is 2. The molecule has 0 saturated carbocycles. The summed E-state index contributed by atoms with van der Waals surface area (Å²) < 4.78 is 5.60. The number of carbonyl (C=O) groups is 2. The lowest BCUT2D eigenvalue weighted by atomic mass is 10.1. The summed E-state index contributed by atoms with van der Waals surface area (Å²) in [7, 11) is 0. The molecule has 0 aromatic heterocycles. The van der Waals surface area contributed by atoms with Crippen molar-refractivity contribution in [1.82, 2.24) is 4.90 Å². The summed E-state index contributed by atoms with van der Waals surface area (Å²) in [5, 5.41) is 0.114. The largest absolute Gasteiger partial charge is 0.492 e. The van der Waals surface area contributed by atoms with E-state index in [1.807, 2.05) is 35.2 Å². The first-order valence-corrected chi connectivity index (χ1v) is 7.72. The molecule has 20 heavy (non-hydrogen) atoms. The molecule has 108 valence electrons. The van der Waals surface area contributed by atoms with E-state index < -0.39 is 0 Å². The minimum absolute atomic E-state index is 0.114. The maximum atomic E-state index is 11.8. The highest BCUT2D eigenvalue weighted by atomic mass is 32.2. The van der Waals surface area contributed by atoms with E-state index in [9.17, 15) is 9.59 Å². The summed E-state index contributed by atoms with van der Waals surface area (Å²) in [4.78, 5) is 24.6. The fraction of sp³-hybridized carbons (Fsp3) is 0.467. The highest BCUT2D eigenvalue weighted by Gasteiger charge is 2.29. The first-order valence-electron chi connectivity index (χ1n) is 6.74.